The lowest BCUT2D eigenvalue weighted by molar-refractivity contribution is 0.417. The van der Waals surface area contributed by atoms with Gasteiger partial charge in [0.2, 0.25) is 0 Å². The number of methoxy groups -OCH3 is 1. The maximum Gasteiger partial charge on any atom is 0.175 e. The van der Waals surface area contributed by atoms with Gasteiger partial charge in [0, 0.05) is 15.2 Å². The molecular weight excluding hydrogens is 395 g/mol. The van der Waals surface area contributed by atoms with Crippen LogP contribution in [0.2, 0.25) is 10.0 Å². The van der Waals surface area contributed by atoms with Gasteiger partial charge in [0.05, 0.1) is 17.8 Å². The summed E-state index contributed by atoms with van der Waals surface area (Å²) in [6, 6.07) is 10.7. The molecule has 0 heterocycles. The van der Waals surface area contributed by atoms with Crippen molar-refractivity contribution in [2.45, 2.75) is 0 Å². The molecule has 0 saturated heterocycles. The second-order valence-electron chi connectivity index (χ2n) is 4.05. The predicted octanol–water partition coefficient (Wildman–Crippen LogP) is 5.57. The number of hydrogen-bond donors (Lipinski definition) is 2. The average molecular weight is 406 g/mol. The van der Waals surface area contributed by atoms with E-state index in [1.165, 1.54) is 0 Å². The summed E-state index contributed by atoms with van der Waals surface area (Å²) in [4.78, 5) is 0. The Balaban J connectivity index is 2.11. The first kappa shape index (κ1) is 16.4. The van der Waals surface area contributed by atoms with Crippen LogP contribution in [0.5, 0.6) is 5.75 Å². The Kier molecular flexibility index (Phi) is 5.70. The molecule has 3 nitrogen and oxygen atoms in total. The molecule has 21 heavy (non-hydrogen) atoms. The molecule has 0 atom stereocenters. The highest BCUT2D eigenvalue weighted by molar-refractivity contribution is 9.10. The monoisotopic (exact) mass is 404 g/mol. The van der Waals surface area contributed by atoms with Crippen LogP contribution >= 0.6 is 51.3 Å². The minimum Gasteiger partial charge on any atom is -0.495 e. The van der Waals surface area contributed by atoms with Crippen LogP contribution in [-0.4, -0.2) is 12.2 Å². The highest BCUT2D eigenvalue weighted by atomic mass is 79.9. The fourth-order valence-electron chi connectivity index (χ4n) is 1.64. The lowest BCUT2D eigenvalue weighted by Gasteiger charge is -2.14. The van der Waals surface area contributed by atoms with Crippen molar-refractivity contribution < 1.29 is 4.74 Å². The Morgan fingerprint density at radius 1 is 1.14 bits per heavy atom. The first-order valence-corrected chi connectivity index (χ1v) is 7.82. The van der Waals surface area contributed by atoms with Crippen molar-refractivity contribution in [3.05, 3.63) is 50.9 Å². The molecule has 0 radical (unpaired) electrons. The van der Waals surface area contributed by atoms with Gasteiger partial charge in [-0.05, 0) is 64.5 Å². The molecule has 0 aliphatic rings. The number of halogens is 3. The fourth-order valence-corrected chi connectivity index (χ4v) is 2.46. The van der Waals surface area contributed by atoms with Crippen LogP contribution in [0.25, 0.3) is 0 Å². The maximum absolute atomic E-state index is 6.04. The van der Waals surface area contributed by atoms with Gasteiger partial charge < -0.3 is 15.4 Å². The Hall–Kier alpha value is -1.01. The van der Waals surface area contributed by atoms with E-state index < -0.39 is 0 Å². The van der Waals surface area contributed by atoms with Crippen molar-refractivity contribution in [2.75, 3.05) is 17.7 Å². The number of anilines is 2. The molecule has 0 saturated carbocycles. The highest BCUT2D eigenvalue weighted by Crippen LogP contribution is 2.28. The van der Waals surface area contributed by atoms with Crippen molar-refractivity contribution >= 4 is 67.8 Å². The van der Waals surface area contributed by atoms with Gasteiger partial charge in [-0.25, -0.2) is 0 Å². The van der Waals surface area contributed by atoms with Crippen LogP contribution in [0, 0.1) is 0 Å². The first-order chi connectivity index (χ1) is 9.99. The minimum absolute atomic E-state index is 0.411. The van der Waals surface area contributed by atoms with E-state index >= 15 is 0 Å². The molecule has 0 bridgehead atoms. The summed E-state index contributed by atoms with van der Waals surface area (Å²) in [6.07, 6.45) is 0. The van der Waals surface area contributed by atoms with E-state index in [1.54, 1.807) is 31.4 Å². The van der Waals surface area contributed by atoms with Crippen LogP contribution in [0.15, 0.2) is 40.9 Å². The van der Waals surface area contributed by atoms with Gasteiger partial charge in [-0.3, -0.25) is 0 Å². The van der Waals surface area contributed by atoms with Crippen molar-refractivity contribution in [1.29, 1.82) is 0 Å². The Labute approximate surface area is 146 Å². The largest absolute Gasteiger partial charge is 0.495 e. The van der Waals surface area contributed by atoms with E-state index in [2.05, 4.69) is 26.6 Å². The average Bonchev–Trinajstić information content (AvgIpc) is 2.43. The molecule has 0 aliphatic heterocycles. The smallest absolute Gasteiger partial charge is 0.175 e. The maximum atomic E-state index is 6.04. The molecular formula is C14H11BrCl2N2OS. The summed E-state index contributed by atoms with van der Waals surface area (Å²) < 4.78 is 6.07. The van der Waals surface area contributed by atoms with Crippen LogP contribution in [0.3, 0.4) is 0 Å². The summed E-state index contributed by atoms with van der Waals surface area (Å²) in [5, 5.41) is 7.69. The van der Waals surface area contributed by atoms with Crippen molar-refractivity contribution in [2.24, 2.45) is 0 Å². The van der Waals surface area contributed by atoms with Gasteiger partial charge in [-0.1, -0.05) is 23.2 Å². The van der Waals surface area contributed by atoms with E-state index in [-0.39, 0.29) is 0 Å². The van der Waals surface area contributed by atoms with Crippen LogP contribution in [0.1, 0.15) is 0 Å². The quantitative estimate of drug-likeness (QED) is 0.653. The number of rotatable bonds is 3. The number of nitrogens with one attached hydrogen (secondary N) is 2. The third kappa shape index (κ3) is 4.48. The summed E-state index contributed by atoms with van der Waals surface area (Å²) in [5.41, 5.74) is 1.47. The SMILES string of the molecule is COc1ccc(Cl)cc1NC(=S)Nc1ccc(Br)c(Cl)c1. The van der Waals surface area contributed by atoms with Crippen LogP contribution in [0.4, 0.5) is 11.4 Å². The lowest BCUT2D eigenvalue weighted by atomic mass is 10.3. The van der Waals surface area contributed by atoms with Gasteiger partial charge >= 0.3 is 0 Å². The molecule has 7 heteroatoms. The van der Waals surface area contributed by atoms with E-state index in [0.717, 1.165) is 10.2 Å². The molecule has 0 amide bonds. The number of thiocarbonyl (C=S) groups is 1. The first-order valence-electron chi connectivity index (χ1n) is 5.86. The molecule has 0 aromatic heterocycles. The van der Waals surface area contributed by atoms with Gasteiger partial charge in [0.15, 0.2) is 5.11 Å². The highest BCUT2D eigenvalue weighted by Gasteiger charge is 2.07. The third-order valence-electron chi connectivity index (χ3n) is 2.59. The molecule has 0 spiro atoms. The van der Waals surface area contributed by atoms with Gasteiger partial charge in [0.25, 0.3) is 0 Å². The molecule has 2 N–H and O–H groups in total. The van der Waals surface area contributed by atoms with E-state index in [0.29, 0.717) is 26.6 Å². The van der Waals surface area contributed by atoms with Crippen LogP contribution < -0.4 is 15.4 Å². The Morgan fingerprint density at radius 3 is 2.57 bits per heavy atom. The van der Waals surface area contributed by atoms with E-state index in [9.17, 15) is 0 Å². The molecule has 0 unspecified atom stereocenters. The Morgan fingerprint density at radius 2 is 1.90 bits per heavy atom. The second kappa shape index (κ2) is 7.31. The second-order valence-corrected chi connectivity index (χ2v) is 6.16. The zero-order valence-electron chi connectivity index (χ0n) is 10.9. The molecule has 110 valence electrons. The summed E-state index contributed by atoms with van der Waals surface area (Å²) in [6.45, 7) is 0. The summed E-state index contributed by atoms with van der Waals surface area (Å²) in [5.74, 6) is 0.650. The molecule has 2 rings (SSSR count). The zero-order chi connectivity index (χ0) is 15.4. The summed E-state index contributed by atoms with van der Waals surface area (Å²) >= 11 is 20.6. The topological polar surface area (TPSA) is 33.3 Å². The van der Waals surface area contributed by atoms with Crippen LogP contribution in [-0.2, 0) is 0 Å². The number of benzene rings is 2. The van der Waals surface area contributed by atoms with Crippen molar-refractivity contribution in [3.63, 3.8) is 0 Å². The Bertz CT molecular complexity index is 682. The van der Waals surface area contributed by atoms with Crippen molar-refractivity contribution in [1.82, 2.24) is 0 Å². The number of hydrogen-bond acceptors (Lipinski definition) is 2. The third-order valence-corrected chi connectivity index (χ3v) is 4.26. The minimum atomic E-state index is 0.411. The molecule has 2 aromatic rings. The molecule has 2 aromatic carbocycles. The van der Waals surface area contributed by atoms with E-state index in [1.807, 2.05) is 12.1 Å². The van der Waals surface area contributed by atoms with Gasteiger partial charge in [0.1, 0.15) is 5.75 Å². The predicted molar refractivity (Wildman–Crippen MR) is 97.0 cm³/mol. The normalized spacial score (nSPS) is 10.1. The molecule has 0 fully saturated rings. The lowest BCUT2D eigenvalue weighted by Crippen LogP contribution is -2.19. The molecule has 0 aliphatic carbocycles. The standard InChI is InChI=1S/C14H11BrCl2N2OS/c1-20-13-5-2-8(16)6-12(13)19-14(21)18-9-3-4-10(15)11(17)7-9/h2-7H,1H3,(H2,18,19,21). The summed E-state index contributed by atoms with van der Waals surface area (Å²) in [7, 11) is 1.58. The van der Waals surface area contributed by atoms with Crippen molar-refractivity contribution in [3.8, 4) is 5.75 Å². The van der Waals surface area contributed by atoms with Gasteiger partial charge in [-0.15, -0.1) is 0 Å². The van der Waals surface area contributed by atoms with Gasteiger partial charge in [-0.2, -0.15) is 0 Å². The number of ether oxygens (including phenoxy) is 1. The zero-order valence-corrected chi connectivity index (χ0v) is 14.8. The fraction of sp³-hybridized carbons (Fsp3) is 0.0714. The van der Waals surface area contributed by atoms with E-state index in [4.69, 9.17) is 40.2 Å².